The summed E-state index contributed by atoms with van der Waals surface area (Å²) in [5.41, 5.74) is 0. The van der Waals surface area contributed by atoms with Gasteiger partial charge in [-0.3, -0.25) is 0 Å². The van der Waals surface area contributed by atoms with E-state index in [4.69, 9.17) is 0 Å². The largest absolute Gasteiger partial charge is 0.304 e. The SMILES string of the molecule is C[C@@H]1CCCCN1S(=O)(=O)c1ccc(S(=O)(=O)N2CCN(C)CC2)cc1. The zero-order chi connectivity index (χ0) is 18.9. The normalized spacial score (nSPS) is 24.6. The Bertz CT molecular complexity index is 829. The van der Waals surface area contributed by atoms with Crippen molar-refractivity contribution in [3.63, 3.8) is 0 Å². The highest BCUT2D eigenvalue weighted by Gasteiger charge is 2.32. The van der Waals surface area contributed by atoms with Crippen LogP contribution in [0, 0.1) is 0 Å². The van der Waals surface area contributed by atoms with E-state index in [-0.39, 0.29) is 15.8 Å². The summed E-state index contributed by atoms with van der Waals surface area (Å²) in [5.74, 6) is 0. The molecule has 0 bridgehead atoms. The van der Waals surface area contributed by atoms with Gasteiger partial charge in [-0.1, -0.05) is 6.42 Å². The number of piperazine rings is 1. The van der Waals surface area contributed by atoms with E-state index in [0.29, 0.717) is 32.7 Å². The maximum absolute atomic E-state index is 12.9. The number of piperidine rings is 1. The van der Waals surface area contributed by atoms with Gasteiger partial charge in [-0.05, 0) is 51.1 Å². The van der Waals surface area contributed by atoms with Crippen molar-refractivity contribution in [1.29, 1.82) is 0 Å². The molecule has 2 heterocycles. The summed E-state index contributed by atoms with van der Waals surface area (Å²) >= 11 is 0. The fourth-order valence-electron chi connectivity index (χ4n) is 3.53. The van der Waals surface area contributed by atoms with Crippen molar-refractivity contribution in [2.24, 2.45) is 0 Å². The van der Waals surface area contributed by atoms with Crippen LogP contribution in [0.25, 0.3) is 0 Å². The van der Waals surface area contributed by atoms with Crippen LogP contribution in [0.15, 0.2) is 34.1 Å². The summed E-state index contributed by atoms with van der Waals surface area (Å²) in [6, 6.07) is 5.63. The molecule has 2 fully saturated rings. The lowest BCUT2D eigenvalue weighted by Gasteiger charge is -2.32. The zero-order valence-electron chi connectivity index (χ0n) is 15.3. The van der Waals surface area contributed by atoms with Crippen molar-refractivity contribution in [3.8, 4) is 0 Å². The fraction of sp³-hybridized carbons (Fsp3) is 0.647. The fourth-order valence-corrected chi connectivity index (χ4v) is 6.65. The molecule has 0 unspecified atom stereocenters. The summed E-state index contributed by atoms with van der Waals surface area (Å²) in [4.78, 5) is 2.39. The Morgan fingerprint density at radius 3 is 1.88 bits per heavy atom. The van der Waals surface area contributed by atoms with Gasteiger partial charge in [0.2, 0.25) is 20.0 Å². The number of rotatable bonds is 4. The molecule has 0 aliphatic carbocycles. The van der Waals surface area contributed by atoms with Gasteiger partial charge >= 0.3 is 0 Å². The predicted molar refractivity (Wildman–Crippen MR) is 99.9 cm³/mol. The molecular formula is C17H27N3O4S2. The lowest BCUT2D eigenvalue weighted by atomic mass is 10.1. The maximum Gasteiger partial charge on any atom is 0.243 e. The summed E-state index contributed by atoms with van der Waals surface area (Å²) in [6.45, 7) is 4.72. The van der Waals surface area contributed by atoms with E-state index in [0.717, 1.165) is 19.3 Å². The molecule has 1 aromatic rings. The molecular weight excluding hydrogens is 374 g/mol. The van der Waals surface area contributed by atoms with Crippen LogP contribution in [-0.4, -0.2) is 76.2 Å². The van der Waals surface area contributed by atoms with E-state index < -0.39 is 20.0 Å². The first kappa shape index (κ1) is 19.8. The van der Waals surface area contributed by atoms with Gasteiger partial charge in [0.1, 0.15) is 0 Å². The molecule has 2 aliphatic rings. The Morgan fingerprint density at radius 2 is 1.35 bits per heavy atom. The smallest absolute Gasteiger partial charge is 0.243 e. The third kappa shape index (κ3) is 3.82. The molecule has 9 heteroatoms. The minimum absolute atomic E-state index is 0.0255. The summed E-state index contributed by atoms with van der Waals surface area (Å²) < 4.78 is 54.2. The van der Waals surface area contributed by atoms with Crippen LogP contribution in [0.1, 0.15) is 26.2 Å². The standard InChI is InChI=1S/C17H27N3O4S2/c1-15-5-3-4-10-20(15)26(23,24)17-8-6-16(7-9-17)25(21,22)19-13-11-18(2)12-14-19/h6-9,15H,3-5,10-14H2,1-2H3/t15-/m1/s1. The van der Waals surface area contributed by atoms with Crippen LogP contribution in [0.4, 0.5) is 0 Å². The van der Waals surface area contributed by atoms with Crippen LogP contribution in [0.3, 0.4) is 0 Å². The number of hydrogen-bond donors (Lipinski definition) is 0. The van der Waals surface area contributed by atoms with Crippen LogP contribution in [0.2, 0.25) is 0 Å². The van der Waals surface area contributed by atoms with Gasteiger partial charge in [-0.15, -0.1) is 0 Å². The summed E-state index contributed by atoms with van der Waals surface area (Å²) in [5, 5.41) is 0. The molecule has 26 heavy (non-hydrogen) atoms. The minimum atomic E-state index is -3.59. The van der Waals surface area contributed by atoms with Gasteiger partial charge in [0, 0.05) is 38.8 Å². The molecule has 0 N–H and O–H groups in total. The van der Waals surface area contributed by atoms with Gasteiger partial charge in [-0.25, -0.2) is 16.8 Å². The molecule has 0 radical (unpaired) electrons. The van der Waals surface area contributed by atoms with E-state index in [1.54, 1.807) is 0 Å². The molecule has 3 rings (SSSR count). The average molecular weight is 402 g/mol. The molecule has 0 amide bonds. The van der Waals surface area contributed by atoms with Crippen molar-refractivity contribution >= 4 is 20.0 Å². The minimum Gasteiger partial charge on any atom is -0.304 e. The highest BCUT2D eigenvalue weighted by molar-refractivity contribution is 7.89. The predicted octanol–water partition coefficient (Wildman–Crippen LogP) is 1.19. The van der Waals surface area contributed by atoms with Crippen molar-refractivity contribution in [3.05, 3.63) is 24.3 Å². The molecule has 0 saturated carbocycles. The quantitative estimate of drug-likeness (QED) is 0.757. The number of nitrogens with zero attached hydrogens (tertiary/aromatic N) is 3. The molecule has 7 nitrogen and oxygen atoms in total. The average Bonchev–Trinajstić information content (AvgIpc) is 2.62. The van der Waals surface area contributed by atoms with Gasteiger partial charge in [0.25, 0.3) is 0 Å². The van der Waals surface area contributed by atoms with E-state index >= 15 is 0 Å². The third-order valence-electron chi connectivity index (χ3n) is 5.27. The highest BCUT2D eigenvalue weighted by Crippen LogP contribution is 2.26. The second-order valence-corrected chi connectivity index (χ2v) is 11.0. The Kier molecular flexibility index (Phi) is 5.74. The Labute approximate surface area is 156 Å². The zero-order valence-corrected chi connectivity index (χ0v) is 17.0. The summed E-state index contributed by atoms with van der Waals surface area (Å²) in [6.07, 6.45) is 2.75. The molecule has 1 atom stereocenters. The Balaban J connectivity index is 1.82. The van der Waals surface area contributed by atoms with Crippen molar-refractivity contribution < 1.29 is 16.8 Å². The first-order valence-electron chi connectivity index (χ1n) is 9.03. The van der Waals surface area contributed by atoms with Crippen LogP contribution >= 0.6 is 0 Å². The Morgan fingerprint density at radius 1 is 0.808 bits per heavy atom. The van der Waals surface area contributed by atoms with Crippen LogP contribution < -0.4 is 0 Å². The lowest BCUT2D eigenvalue weighted by Crippen LogP contribution is -2.47. The van der Waals surface area contributed by atoms with Crippen LogP contribution in [0.5, 0.6) is 0 Å². The maximum atomic E-state index is 12.9. The van der Waals surface area contributed by atoms with E-state index in [1.807, 2.05) is 14.0 Å². The van der Waals surface area contributed by atoms with Crippen LogP contribution in [-0.2, 0) is 20.0 Å². The second-order valence-electron chi connectivity index (χ2n) is 7.14. The Hall–Kier alpha value is -1.00. The van der Waals surface area contributed by atoms with Gasteiger partial charge < -0.3 is 4.90 Å². The third-order valence-corrected chi connectivity index (χ3v) is 9.21. The molecule has 2 aliphatic heterocycles. The lowest BCUT2D eigenvalue weighted by molar-refractivity contribution is 0.222. The number of likely N-dealkylation sites (N-methyl/N-ethyl adjacent to an activating group) is 1. The van der Waals surface area contributed by atoms with Crippen molar-refractivity contribution in [1.82, 2.24) is 13.5 Å². The van der Waals surface area contributed by atoms with E-state index in [9.17, 15) is 16.8 Å². The topological polar surface area (TPSA) is 78.0 Å². The van der Waals surface area contributed by atoms with E-state index in [2.05, 4.69) is 4.90 Å². The number of benzene rings is 1. The first-order valence-corrected chi connectivity index (χ1v) is 11.9. The van der Waals surface area contributed by atoms with Gasteiger partial charge in [0.05, 0.1) is 9.79 Å². The van der Waals surface area contributed by atoms with Gasteiger partial charge in [-0.2, -0.15) is 8.61 Å². The van der Waals surface area contributed by atoms with Crippen molar-refractivity contribution in [2.75, 3.05) is 39.8 Å². The molecule has 1 aromatic carbocycles. The van der Waals surface area contributed by atoms with E-state index in [1.165, 1.54) is 32.9 Å². The molecule has 2 saturated heterocycles. The molecule has 0 aromatic heterocycles. The monoisotopic (exact) mass is 401 g/mol. The van der Waals surface area contributed by atoms with Gasteiger partial charge in [0.15, 0.2) is 0 Å². The molecule has 0 spiro atoms. The number of hydrogen-bond acceptors (Lipinski definition) is 5. The summed E-state index contributed by atoms with van der Waals surface area (Å²) in [7, 11) is -5.21. The highest BCUT2D eigenvalue weighted by atomic mass is 32.2. The van der Waals surface area contributed by atoms with Crippen molar-refractivity contribution in [2.45, 2.75) is 42.0 Å². The number of sulfonamides is 2. The second kappa shape index (κ2) is 7.55. The molecule has 146 valence electrons. The first-order chi connectivity index (χ1) is 12.2.